The molecule has 2 heterocycles. The molecule has 1 nitrogen and oxygen atoms in total. The molecule has 0 saturated carbocycles. The van der Waals surface area contributed by atoms with Crippen molar-refractivity contribution in [2.24, 2.45) is 0 Å². The summed E-state index contributed by atoms with van der Waals surface area (Å²) in [5.74, 6) is 0. The zero-order valence-corrected chi connectivity index (χ0v) is 11.4. The van der Waals surface area contributed by atoms with E-state index in [0.29, 0.717) is 14.5 Å². The molecule has 0 bridgehead atoms. The molecule has 0 radical (unpaired) electrons. The normalized spacial score (nSPS) is 11.3. The molecule has 0 unspecified atom stereocenters. The average Bonchev–Trinajstić information content (AvgIpc) is 2.99. The van der Waals surface area contributed by atoms with Gasteiger partial charge in [-0.2, -0.15) is 0 Å². The summed E-state index contributed by atoms with van der Waals surface area (Å²) in [5, 5.41) is 2.78. The number of nitrogens with zero attached hydrogens (tertiary/aromatic N) is 1. The van der Waals surface area contributed by atoms with Gasteiger partial charge in [-0.15, -0.1) is 0 Å². The van der Waals surface area contributed by atoms with E-state index in [-0.39, 0.29) is 0 Å². The van der Waals surface area contributed by atoms with E-state index in [1.54, 1.807) is 0 Å². The van der Waals surface area contributed by atoms with Crippen molar-refractivity contribution in [2.45, 2.75) is 0 Å². The molecule has 0 aliphatic carbocycles. The van der Waals surface area contributed by atoms with Crippen LogP contribution in [0.1, 0.15) is 0 Å². The van der Waals surface area contributed by atoms with Gasteiger partial charge in [0, 0.05) is 0 Å². The molecule has 2 heteroatoms. The number of aromatic nitrogens is 1. The Bertz CT molecular complexity index is 824. The maximum atomic E-state index is 2.41. The Morgan fingerprint density at radius 3 is 2.39 bits per heavy atom. The molecular formula is C16H11NSe. The summed E-state index contributed by atoms with van der Waals surface area (Å²) in [7, 11) is 0. The van der Waals surface area contributed by atoms with Crippen LogP contribution in [0.3, 0.4) is 0 Å². The first-order valence-electron chi connectivity index (χ1n) is 5.97. The summed E-state index contributed by atoms with van der Waals surface area (Å²) < 4.78 is 3.87. The van der Waals surface area contributed by atoms with E-state index in [9.17, 15) is 0 Å². The Kier molecular flexibility index (Phi) is 2.19. The quantitative estimate of drug-likeness (QED) is 0.470. The van der Waals surface area contributed by atoms with Gasteiger partial charge in [-0.1, -0.05) is 0 Å². The molecule has 0 amide bonds. The van der Waals surface area contributed by atoms with Crippen LogP contribution in [0.15, 0.2) is 65.6 Å². The molecule has 2 aromatic heterocycles. The van der Waals surface area contributed by atoms with Crippen molar-refractivity contribution in [3.05, 3.63) is 65.6 Å². The number of hydrogen-bond donors (Lipinski definition) is 0. The van der Waals surface area contributed by atoms with Crippen LogP contribution in [-0.2, 0) is 0 Å². The van der Waals surface area contributed by atoms with Crippen LogP contribution >= 0.6 is 0 Å². The van der Waals surface area contributed by atoms with Crippen molar-refractivity contribution in [2.75, 3.05) is 0 Å². The van der Waals surface area contributed by atoms with Crippen molar-refractivity contribution in [1.29, 1.82) is 0 Å². The Labute approximate surface area is 111 Å². The Hall–Kier alpha value is -1.76. The number of para-hydroxylation sites is 2. The van der Waals surface area contributed by atoms with Gasteiger partial charge in [-0.05, 0) is 0 Å². The third-order valence-electron chi connectivity index (χ3n) is 3.30. The average molecular weight is 296 g/mol. The Morgan fingerprint density at radius 2 is 1.50 bits per heavy atom. The summed E-state index contributed by atoms with van der Waals surface area (Å²) >= 11 is 0.449. The van der Waals surface area contributed by atoms with E-state index in [0.717, 1.165) is 0 Å². The summed E-state index contributed by atoms with van der Waals surface area (Å²) in [6.45, 7) is 0. The first-order chi connectivity index (χ1) is 8.95. The Morgan fingerprint density at radius 1 is 0.722 bits per heavy atom. The summed E-state index contributed by atoms with van der Waals surface area (Å²) in [6.07, 6.45) is 0. The van der Waals surface area contributed by atoms with Gasteiger partial charge in [-0.3, -0.25) is 0 Å². The summed E-state index contributed by atoms with van der Waals surface area (Å²) in [5.41, 5.74) is 2.58. The van der Waals surface area contributed by atoms with Gasteiger partial charge in [0.1, 0.15) is 0 Å². The zero-order chi connectivity index (χ0) is 11.9. The molecule has 0 aliphatic rings. The number of fused-ring (bicyclic) bond motifs is 3. The molecule has 0 fully saturated rings. The topological polar surface area (TPSA) is 4.93 Å². The number of rotatable bonds is 1. The van der Waals surface area contributed by atoms with Crippen molar-refractivity contribution < 1.29 is 0 Å². The van der Waals surface area contributed by atoms with Gasteiger partial charge in [0.25, 0.3) is 0 Å². The third-order valence-corrected chi connectivity index (χ3v) is 5.18. The van der Waals surface area contributed by atoms with E-state index in [1.165, 1.54) is 26.4 Å². The molecule has 0 N–H and O–H groups in total. The molecule has 0 spiro atoms. The van der Waals surface area contributed by atoms with Crippen molar-refractivity contribution >= 4 is 35.2 Å². The van der Waals surface area contributed by atoms with Crippen molar-refractivity contribution in [3.63, 3.8) is 0 Å². The summed E-state index contributed by atoms with van der Waals surface area (Å²) in [4.78, 5) is 2.31. The molecule has 4 rings (SSSR count). The van der Waals surface area contributed by atoms with E-state index in [1.807, 2.05) is 0 Å². The SMILES string of the molecule is c1ccc(-n2c3ccccc3c3cc[se]c32)cc1. The van der Waals surface area contributed by atoms with Crippen LogP contribution in [0.5, 0.6) is 0 Å². The standard InChI is InChI=1S/C16H11NSe/c1-2-6-12(7-3-1)17-15-9-5-4-8-13(15)14-10-11-18-16(14)17/h1-11H. The maximum absolute atomic E-state index is 2.41. The predicted octanol–water partition coefficient (Wildman–Crippen LogP) is 3.84. The van der Waals surface area contributed by atoms with Crippen molar-refractivity contribution in [3.8, 4) is 5.69 Å². The fourth-order valence-electron chi connectivity index (χ4n) is 2.52. The molecule has 86 valence electrons. The zero-order valence-electron chi connectivity index (χ0n) is 9.71. The van der Waals surface area contributed by atoms with Gasteiger partial charge in [0.05, 0.1) is 0 Å². The molecule has 18 heavy (non-hydrogen) atoms. The van der Waals surface area contributed by atoms with Crippen LogP contribution in [0, 0.1) is 0 Å². The second kappa shape index (κ2) is 3.87. The van der Waals surface area contributed by atoms with E-state index in [4.69, 9.17) is 0 Å². The second-order valence-corrected chi connectivity index (χ2v) is 6.20. The summed E-state index contributed by atoms with van der Waals surface area (Å²) in [6, 6.07) is 21.6. The van der Waals surface area contributed by atoms with Crippen LogP contribution in [0.25, 0.3) is 26.4 Å². The van der Waals surface area contributed by atoms with Crippen molar-refractivity contribution in [1.82, 2.24) is 4.57 Å². The first-order valence-corrected chi connectivity index (χ1v) is 7.82. The fraction of sp³-hybridized carbons (Fsp3) is 0. The monoisotopic (exact) mass is 297 g/mol. The van der Waals surface area contributed by atoms with E-state index in [2.05, 4.69) is 70.2 Å². The Balaban J connectivity index is 2.22. The fourth-order valence-corrected chi connectivity index (χ4v) is 4.51. The van der Waals surface area contributed by atoms with Crippen LogP contribution in [-0.4, -0.2) is 19.1 Å². The molecule has 0 atom stereocenters. The number of hydrogen-bond acceptors (Lipinski definition) is 0. The van der Waals surface area contributed by atoms with Crippen LogP contribution in [0.4, 0.5) is 0 Å². The van der Waals surface area contributed by atoms with Crippen LogP contribution in [0.2, 0.25) is 0 Å². The molecule has 0 saturated heterocycles. The molecular weight excluding hydrogens is 285 g/mol. The van der Waals surface area contributed by atoms with Gasteiger partial charge >= 0.3 is 111 Å². The van der Waals surface area contributed by atoms with E-state index < -0.39 is 0 Å². The molecule has 0 aliphatic heterocycles. The van der Waals surface area contributed by atoms with Gasteiger partial charge in [0.15, 0.2) is 0 Å². The van der Waals surface area contributed by atoms with Gasteiger partial charge < -0.3 is 0 Å². The second-order valence-electron chi connectivity index (χ2n) is 4.33. The number of benzene rings is 2. The van der Waals surface area contributed by atoms with Crippen LogP contribution < -0.4 is 0 Å². The van der Waals surface area contributed by atoms with Gasteiger partial charge in [0.2, 0.25) is 0 Å². The van der Waals surface area contributed by atoms with Gasteiger partial charge in [-0.25, -0.2) is 0 Å². The minimum atomic E-state index is 0.449. The molecule has 2 aromatic carbocycles. The predicted molar refractivity (Wildman–Crippen MR) is 77.7 cm³/mol. The molecule has 4 aromatic rings. The third kappa shape index (κ3) is 1.33. The van der Waals surface area contributed by atoms with E-state index >= 15 is 0 Å². The minimum absolute atomic E-state index is 0.449. The first kappa shape index (κ1) is 10.2.